The summed E-state index contributed by atoms with van der Waals surface area (Å²) in [6.07, 6.45) is 0.250. The van der Waals surface area contributed by atoms with E-state index in [0.29, 0.717) is 0 Å². The summed E-state index contributed by atoms with van der Waals surface area (Å²) >= 11 is 0. The number of carbonyl (C=O) groups excluding carboxylic acids is 2. The summed E-state index contributed by atoms with van der Waals surface area (Å²) in [4.78, 5) is 36.2. The zero-order valence-electron chi connectivity index (χ0n) is 7.25. The lowest BCUT2D eigenvalue weighted by Gasteiger charge is -1.92. The number of benzene rings is 1. The highest BCUT2D eigenvalue weighted by Gasteiger charge is 2.08. The van der Waals surface area contributed by atoms with Gasteiger partial charge in [0, 0.05) is 12.1 Å². The molecule has 0 saturated heterocycles. The van der Waals surface area contributed by atoms with Gasteiger partial charge in [0.1, 0.15) is 0 Å². The molecule has 7 nitrogen and oxygen atoms in total. The monoisotopic (exact) mass is 211 g/mol. The molecule has 0 aliphatic heterocycles. The van der Waals surface area contributed by atoms with Crippen LogP contribution in [0, 0.1) is 10.1 Å². The first-order chi connectivity index (χ1) is 7.02. The van der Waals surface area contributed by atoms with Gasteiger partial charge in [-0.3, -0.25) is 10.1 Å². The molecule has 0 aromatic heterocycles. The van der Waals surface area contributed by atoms with Crippen molar-refractivity contribution in [3.8, 4) is 0 Å². The molecule has 0 aliphatic rings. The fraction of sp³-hybridized carbons (Fsp3) is 0. The van der Waals surface area contributed by atoms with Crippen molar-refractivity contribution in [3.05, 3.63) is 39.9 Å². The van der Waals surface area contributed by atoms with Crippen molar-refractivity contribution in [2.24, 2.45) is 0 Å². The predicted molar refractivity (Wildman–Crippen MR) is 45.1 cm³/mol. The number of nitro groups is 1. The van der Waals surface area contributed by atoms with Crippen LogP contribution in [0.25, 0.3) is 0 Å². The molecule has 1 aromatic rings. The second-order valence-corrected chi connectivity index (χ2v) is 2.20. The Bertz CT molecular complexity index is 378. The number of carboxylic acid groups (broad SMARTS) is 1. The Labute approximate surface area is 83.1 Å². The second kappa shape index (κ2) is 6.01. The number of carboxylic acids is 1. The summed E-state index contributed by atoms with van der Waals surface area (Å²) in [5.74, 6) is -1.17. The van der Waals surface area contributed by atoms with Crippen LogP contribution in [0.4, 0.5) is 5.69 Å². The standard InChI is InChI=1S/C7H5NO4.CO2/c9-7(10)5-2-1-3-6(4-5)8(11)12;2-1-3/h1-4H,(H,9,10);. The van der Waals surface area contributed by atoms with Crippen LogP contribution in [0.3, 0.4) is 0 Å². The van der Waals surface area contributed by atoms with Crippen LogP contribution in [0.5, 0.6) is 0 Å². The fourth-order valence-corrected chi connectivity index (χ4v) is 0.753. The average molecular weight is 211 g/mol. The lowest BCUT2D eigenvalue weighted by molar-refractivity contribution is -0.384. The molecule has 0 radical (unpaired) electrons. The zero-order chi connectivity index (χ0) is 11.8. The van der Waals surface area contributed by atoms with Gasteiger partial charge in [0.2, 0.25) is 0 Å². The van der Waals surface area contributed by atoms with Gasteiger partial charge in [0.25, 0.3) is 5.69 Å². The first-order valence-electron chi connectivity index (χ1n) is 3.50. The van der Waals surface area contributed by atoms with Crippen LogP contribution in [-0.2, 0) is 9.59 Å². The van der Waals surface area contributed by atoms with Crippen LogP contribution >= 0.6 is 0 Å². The highest BCUT2D eigenvalue weighted by atomic mass is 16.6. The number of carbonyl (C=O) groups is 1. The molecule has 0 saturated carbocycles. The first kappa shape index (κ1) is 12.5. The highest BCUT2D eigenvalue weighted by molar-refractivity contribution is 5.88. The van der Waals surface area contributed by atoms with E-state index in [2.05, 4.69) is 0 Å². The van der Waals surface area contributed by atoms with Crippen molar-refractivity contribution in [2.75, 3.05) is 0 Å². The van der Waals surface area contributed by atoms with E-state index in [4.69, 9.17) is 14.7 Å². The van der Waals surface area contributed by atoms with Crippen molar-refractivity contribution in [1.82, 2.24) is 0 Å². The third kappa shape index (κ3) is 4.30. The molecule has 1 rings (SSSR count). The van der Waals surface area contributed by atoms with E-state index in [1.165, 1.54) is 18.2 Å². The third-order valence-corrected chi connectivity index (χ3v) is 1.30. The largest absolute Gasteiger partial charge is 0.478 e. The smallest absolute Gasteiger partial charge is 0.373 e. The Morgan fingerprint density at radius 3 is 2.33 bits per heavy atom. The Morgan fingerprint density at radius 2 is 1.93 bits per heavy atom. The van der Waals surface area contributed by atoms with Crippen LogP contribution in [0.2, 0.25) is 0 Å². The summed E-state index contributed by atoms with van der Waals surface area (Å²) in [6.45, 7) is 0. The minimum atomic E-state index is -1.17. The van der Waals surface area contributed by atoms with E-state index in [1.54, 1.807) is 0 Å². The van der Waals surface area contributed by atoms with Gasteiger partial charge in [-0.2, -0.15) is 9.59 Å². The number of hydrogen-bond donors (Lipinski definition) is 1. The molecular weight excluding hydrogens is 206 g/mol. The Kier molecular flexibility index (Phi) is 4.99. The molecule has 0 heterocycles. The van der Waals surface area contributed by atoms with Gasteiger partial charge in [0.05, 0.1) is 10.5 Å². The second-order valence-electron chi connectivity index (χ2n) is 2.20. The number of rotatable bonds is 2. The number of non-ortho nitro benzene ring substituents is 1. The van der Waals surface area contributed by atoms with Crippen molar-refractivity contribution < 1.29 is 24.4 Å². The quantitative estimate of drug-likeness (QED) is 0.568. The van der Waals surface area contributed by atoms with Gasteiger partial charge in [-0.05, 0) is 6.07 Å². The van der Waals surface area contributed by atoms with Crippen molar-refractivity contribution in [3.63, 3.8) is 0 Å². The van der Waals surface area contributed by atoms with Crippen molar-refractivity contribution in [1.29, 1.82) is 0 Å². The van der Waals surface area contributed by atoms with Gasteiger partial charge in [-0.25, -0.2) is 4.79 Å². The summed E-state index contributed by atoms with van der Waals surface area (Å²) < 4.78 is 0. The average Bonchev–Trinajstić information content (AvgIpc) is 2.19. The van der Waals surface area contributed by atoms with E-state index in [-0.39, 0.29) is 17.4 Å². The maximum Gasteiger partial charge on any atom is 0.373 e. The lowest BCUT2D eigenvalue weighted by atomic mass is 10.2. The van der Waals surface area contributed by atoms with Gasteiger partial charge in [0.15, 0.2) is 0 Å². The number of aromatic carboxylic acids is 1. The van der Waals surface area contributed by atoms with Crippen LogP contribution < -0.4 is 0 Å². The molecule has 15 heavy (non-hydrogen) atoms. The number of hydrogen-bond acceptors (Lipinski definition) is 5. The molecule has 0 amide bonds. The van der Waals surface area contributed by atoms with Crippen molar-refractivity contribution in [2.45, 2.75) is 0 Å². The number of nitro benzene ring substituents is 1. The minimum absolute atomic E-state index is 0.0794. The van der Waals surface area contributed by atoms with Crippen molar-refractivity contribution >= 4 is 17.8 Å². The topological polar surface area (TPSA) is 115 Å². The minimum Gasteiger partial charge on any atom is -0.478 e. The third-order valence-electron chi connectivity index (χ3n) is 1.30. The molecule has 7 heteroatoms. The lowest BCUT2D eigenvalue weighted by Crippen LogP contribution is -1.97. The normalized spacial score (nSPS) is 8.00. The van der Waals surface area contributed by atoms with E-state index >= 15 is 0 Å². The molecule has 0 bridgehead atoms. The molecule has 0 atom stereocenters. The maximum absolute atomic E-state index is 10.4. The molecule has 0 fully saturated rings. The molecule has 0 unspecified atom stereocenters. The first-order valence-corrected chi connectivity index (χ1v) is 3.50. The summed E-state index contributed by atoms with van der Waals surface area (Å²) in [6, 6.07) is 4.89. The fourth-order valence-electron chi connectivity index (χ4n) is 0.753. The zero-order valence-corrected chi connectivity index (χ0v) is 7.25. The van der Waals surface area contributed by atoms with E-state index in [0.717, 1.165) is 6.07 Å². The van der Waals surface area contributed by atoms with Gasteiger partial charge in [-0.15, -0.1) is 0 Å². The summed E-state index contributed by atoms with van der Waals surface area (Å²) in [5.41, 5.74) is -0.292. The van der Waals surface area contributed by atoms with Gasteiger partial charge >= 0.3 is 12.1 Å². The molecule has 0 aliphatic carbocycles. The molecule has 78 valence electrons. The van der Waals surface area contributed by atoms with Crippen LogP contribution in [-0.4, -0.2) is 22.2 Å². The van der Waals surface area contributed by atoms with E-state index in [1.807, 2.05) is 0 Å². The number of nitrogens with zero attached hydrogens (tertiary/aromatic N) is 1. The van der Waals surface area contributed by atoms with Gasteiger partial charge in [-0.1, -0.05) is 6.07 Å². The molecule has 0 spiro atoms. The Balaban J connectivity index is 0.000000583. The van der Waals surface area contributed by atoms with Crippen LogP contribution in [0.15, 0.2) is 24.3 Å². The van der Waals surface area contributed by atoms with Gasteiger partial charge < -0.3 is 5.11 Å². The summed E-state index contributed by atoms with van der Waals surface area (Å²) in [7, 11) is 0. The highest BCUT2D eigenvalue weighted by Crippen LogP contribution is 2.12. The molecule has 1 N–H and O–H groups in total. The summed E-state index contributed by atoms with van der Waals surface area (Å²) in [5, 5.41) is 18.7. The van der Waals surface area contributed by atoms with E-state index in [9.17, 15) is 14.9 Å². The maximum atomic E-state index is 10.4. The van der Waals surface area contributed by atoms with Crippen LogP contribution in [0.1, 0.15) is 10.4 Å². The Hall–Kier alpha value is -2.53. The Morgan fingerprint density at radius 1 is 1.40 bits per heavy atom. The predicted octanol–water partition coefficient (Wildman–Crippen LogP) is 0.709. The van der Waals surface area contributed by atoms with E-state index < -0.39 is 10.9 Å². The molecular formula is C8H5NO6. The SMILES string of the molecule is O=C(O)c1cccc([N+](=O)[O-])c1.O=C=O. The molecule has 1 aromatic carbocycles.